The van der Waals surface area contributed by atoms with Gasteiger partial charge in [0.15, 0.2) is 0 Å². The van der Waals surface area contributed by atoms with E-state index in [1.807, 2.05) is 4.90 Å². The second-order valence-corrected chi connectivity index (χ2v) is 4.35. The lowest BCUT2D eigenvalue weighted by Crippen LogP contribution is -2.42. The molecular weight excluding hydrogens is 202 g/mol. The van der Waals surface area contributed by atoms with E-state index in [9.17, 15) is 4.79 Å². The first-order valence-electron chi connectivity index (χ1n) is 5.55. The Kier molecular flexibility index (Phi) is 2.97. The zero-order chi connectivity index (χ0) is 11.7. The Morgan fingerprint density at radius 3 is 2.38 bits per heavy atom. The molecule has 1 aromatic rings. The molecule has 1 aliphatic heterocycles. The van der Waals surface area contributed by atoms with Gasteiger partial charge in [-0.25, -0.2) is 0 Å². The number of aryl methyl sites for hydroxylation is 3. The highest BCUT2D eigenvalue weighted by Crippen LogP contribution is 2.27. The van der Waals surface area contributed by atoms with Gasteiger partial charge in [-0.2, -0.15) is 0 Å². The van der Waals surface area contributed by atoms with Crippen LogP contribution in [-0.2, 0) is 9.53 Å². The molecule has 0 aromatic heterocycles. The average molecular weight is 219 g/mol. The Morgan fingerprint density at radius 2 is 1.81 bits per heavy atom. The van der Waals surface area contributed by atoms with Gasteiger partial charge in [-0.3, -0.25) is 4.79 Å². The van der Waals surface area contributed by atoms with Crippen LogP contribution >= 0.6 is 0 Å². The molecule has 0 unspecified atom stereocenters. The van der Waals surface area contributed by atoms with Crippen LogP contribution in [0.2, 0.25) is 0 Å². The standard InChI is InChI=1S/C13H17NO2/c1-9-6-10(2)13(11(3)7-9)14-4-5-16-8-12(14)15/h6-7H,4-5,8H2,1-3H3. The number of hydrogen-bond acceptors (Lipinski definition) is 2. The molecule has 1 amide bonds. The fraction of sp³-hybridized carbons (Fsp3) is 0.462. The lowest BCUT2D eigenvalue weighted by molar-refractivity contribution is -0.125. The minimum Gasteiger partial charge on any atom is -0.370 e. The number of carbonyl (C=O) groups excluding carboxylic acids is 1. The maximum atomic E-state index is 11.8. The van der Waals surface area contributed by atoms with Crippen molar-refractivity contribution in [3.63, 3.8) is 0 Å². The van der Waals surface area contributed by atoms with E-state index in [2.05, 4.69) is 32.9 Å². The second-order valence-electron chi connectivity index (χ2n) is 4.35. The van der Waals surface area contributed by atoms with Crippen LogP contribution < -0.4 is 4.90 Å². The summed E-state index contributed by atoms with van der Waals surface area (Å²) in [6.45, 7) is 7.66. The number of rotatable bonds is 1. The molecule has 1 heterocycles. The third-order valence-corrected chi connectivity index (χ3v) is 2.89. The van der Waals surface area contributed by atoms with Gasteiger partial charge >= 0.3 is 0 Å². The van der Waals surface area contributed by atoms with Crippen LogP contribution in [0.1, 0.15) is 16.7 Å². The van der Waals surface area contributed by atoms with Crippen LogP contribution in [0, 0.1) is 20.8 Å². The molecule has 1 aliphatic rings. The molecule has 0 saturated carbocycles. The summed E-state index contributed by atoms with van der Waals surface area (Å²) in [5.41, 5.74) is 4.61. The van der Waals surface area contributed by atoms with Crippen LogP contribution in [-0.4, -0.2) is 25.7 Å². The average Bonchev–Trinajstić information content (AvgIpc) is 2.19. The molecule has 2 rings (SSSR count). The highest BCUT2D eigenvalue weighted by atomic mass is 16.5. The summed E-state index contributed by atoms with van der Waals surface area (Å²) in [5, 5.41) is 0. The molecule has 16 heavy (non-hydrogen) atoms. The third kappa shape index (κ3) is 1.95. The predicted octanol–water partition coefficient (Wildman–Crippen LogP) is 1.98. The summed E-state index contributed by atoms with van der Waals surface area (Å²) >= 11 is 0. The van der Waals surface area contributed by atoms with Gasteiger partial charge in [0.2, 0.25) is 0 Å². The number of ether oxygens (including phenoxy) is 1. The Hall–Kier alpha value is -1.35. The van der Waals surface area contributed by atoms with Crippen molar-refractivity contribution in [2.75, 3.05) is 24.7 Å². The lowest BCUT2D eigenvalue weighted by Gasteiger charge is -2.29. The largest absolute Gasteiger partial charge is 0.370 e. The highest BCUT2D eigenvalue weighted by Gasteiger charge is 2.22. The molecule has 0 aliphatic carbocycles. The number of hydrogen-bond donors (Lipinski definition) is 0. The van der Waals surface area contributed by atoms with Gasteiger partial charge in [-0.1, -0.05) is 17.7 Å². The summed E-state index contributed by atoms with van der Waals surface area (Å²) in [7, 11) is 0. The van der Waals surface area contributed by atoms with Gasteiger partial charge in [0.1, 0.15) is 6.61 Å². The number of anilines is 1. The van der Waals surface area contributed by atoms with Crippen LogP contribution in [0.25, 0.3) is 0 Å². The van der Waals surface area contributed by atoms with Gasteiger partial charge in [0.05, 0.1) is 6.61 Å². The van der Waals surface area contributed by atoms with Gasteiger partial charge < -0.3 is 9.64 Å². The fourth-order valence-electron chi connectivity index (χ4n) is 2.35. The van der Waals surface area contributed by atoms with Gasteiger partial charge in [-0.05, 0) is 31.9 Å². The molecule has 0 N–H and O–H groups in total. The van der Waals surface area contributed by atoms with E-state index in [4.69, 9.17) is 4.74 Å². The lowest BCUT2D eigenvalue weighted by atomic mass is 10.0. The van der Waals surface area contributed by atoms with Crippen molar-refractivity contribution >= 4 is 11.6 Å². The van der Waals surface area contributed by atoms with Crippen LogP contribution in [0.5, 0.6) is 0 Å². The van der Waals surface area contributed by atoms with Crippen LogP contribution in [0.4, 0.5) is 5.69 Å². The van der Waals surface area contributed by atoms with Crippen LogP contribution in [0.3, 0.4) is 0 Å². The smallest absolute Gasteiger partial charge is 0.253 e. The van der Waals surface area contributed by atoms with Crippen molar-refractivity contribution in [3.05, 3.63) is 28.8 Å². The topological polar surface area (TPSA) is 29.5 Å². The summed E-state index contributed by atoms with van der Waals surface area (Å²) in [6.07, 6.45) is 0. The Morgan fingerprint density at radius 1 is 1.19 bits per heavy atom. The molecule has 1 aromatic carbocycles. The van der Waals surface area contributed by atoms with Crippen molar-refractivity contribution in [1.29, 1.82) is 0 Å². The van der Waals surface area contributed by atoms with Crippen LogP contribution in [0.15, 0.2) is 12.1 Å². The molecule has 0 spiro atoms. The molecule has 86 valence electrons. The number of benzene rings is 1. The van der Waals surface area contributed by atoms with E-state index in [0.717, 1.165) is 16.8 Å². The predicted molar refractivity (Wildman–Crippen MR) is 63.8 cm³/mol. The van der Waals surface area contributed by atoms with Crippen molar-refractivity contribution in [2.45, 2.75) is 20.8 Å². The highest BCUT2D eigenvalue weighted by molar-refractivity contribution is 5.96. The number of morpholine rings is 1. The summed E-state index contributed by atoms with van der Waals surface area (Å²) in [6, 6.07) is 4.23. The molecule has 0 bridgehead atoms. The quantitative estimate of drug-likeness (QED) is 0.722. The van der Waals surface area contributed by atoms with E-state index in [-0.39, 0.29) is 12.5 Å². The first-order valence-corrected chi connectivity index (χ1v) is 5.55. The van der Waals surface area contributed by atoms with Crippen molar-refractivity contribution in [1.82, 2.24) is 0 Å². The number of nitrogens with zero attached hydrogens (tertiary/aromatic N) is 1. The maximum Gasteiger partial charge on any atom is 0.253 e. The van der Waals surface area contributed by atoms with Crippen molar-refractivity contribution < 1.29 is 9.53 Å². The summed E-state index contributed by atoms with van der Waals surface area (Å²) < 4.78 is 5.15. The van der Waals surface area contributed by atoms with E-state index in [1.54, 1.807) is 0 Å². The van der Waals surface area contributed by atoms with E-state index in [0.29, 0.717) is 13.2 Å². The zero-order valence-electron chi connectivity index (χ0n) is 10.0. The maximum absolute atomic E-state index is 11.8. The van der Waals surface area contributed by atoms with Crippen molar-refractivity contribution in [3.8, 4) is 0 Å². The first kappa shape index (κ1) is 11.1. The van der Waals surface area contributed by atoms with Gasteiger partial charge in [-0.15, -0.1) is 0 Å². The Labute approximate surface area is 96.0 Å². The molecule has 0 atom stereocenters. The fourth-order valence-corrected chi connectivity index (χ4v) is 2.35. The molecule has 0 radical (unpaired) electrons. The Balaban J connectivity index is 2.42. The number of carbonyl (C=O) groups is 1. The summed E-state index contributed by atoms with van der Waals surface area (Å²) in [4.78, 5) is 13.6. The number of amides is 1. The van der Waals surface area contributed by atoms with Crippen molar-refractivity contribution in [2.24, 2.45) is 0 Å². The monoisotopic (exact) mass is 219 g/mol. The van der Waals surface area contributed by atoms with Gasteiger partial charge in [0.25, 0.3) is 5.91 Å². The van der Waals surface area contributed by atoms with E-state index < -0.39 is 0 Å². The molecule has 1 saturated heterocycles. The Bertz CT molecular complexity index is 403. The normalized spacial score (nSPS) is 16.7. The summed E-state index contributed by atoms with van der Waals surface area (Å²) in [5.74, 6) is 0.0568. The molecule has 3 heteroatoms. The zero-order valence-corrected chi connectivity index (χ0v) is 10.0. The third-order valence-electron chi connectivity index (χ3n) is 2.89. The van der Waals surface area contributed by atoms with E-state index in [1.165, 1.54) is 5.56 Å². The van der Waals surface area contributed by atoms with Gasteiger partial charge in [0, 0.05) is 12.2 Å². The minimum absolute atomic E-state index is 0.0568. The second kappa shape index (κ2) is 4.26. The van der Waals surface area contributed by atoms with E-state index >= 15 is 0 Å². The first-order chi connectivity index (χ1) is 7.59. The minimum atomic E-state index is 0.0568. The molecule has 1 fully saturated rings. The SMILES string of the molecule is Cc1cc(C)c(N2CCOCC2=O)c(C)c1. The molecule has 3 nitrogen and oxygen atoms in total. The molecular formula is C13H17NO2.